The van der Waals surface area contributed by atoms with E-state index in [1.807, 2.05) is 48.1 Å². The van der Waals surface area contributed by atoms with Crippen LogP contribution in [0.1, 0.15) is 18.4 Å². The summed E-state index contributed by atoms with van der Waals surface area (Å²) < 4.78 is -0.623. The van der Waals surface area contributed by atoms with Gasteiger partial charge in [-0.3, -0.25) is 19.9 Å². The molecule has 1 fully saturated rings. The maximum absolute atomic E-state index is 12.3. The maximum atomic E-state index is 12.3. The molecule has 1 aromatic heterocycles. The van der Waals surface area contributed by atoms with E-state index >= 15 is 0 Å². The first-order chi connectivity index (χ1) is 11.7. The van der Waals surface area contributed by atoms with Crippen LogP contribution in [-0.2, 0) is 11.3 Å². The second-order valence-corrected chi connectivity index (χ2v) is 7.44. The van der Waals surface area contributed by atoms with Gasteiger partial charge in [0.2, 0.25) is 0 Å². The number of likely N-dealkylation sites (tertiary alicyclic amines) is 1. The smallest absolute Gasteiger partial charge is 0.260 e. The zero-order valence-electron chi connectivity index (χ0n) is 13.4. The number of benzene rings is 1. The van der Waals surface area contributed by atoms with E-state index in [1.165, 1.54) is 5.56 Å². The normalized spacial score (nSPS) is 17.4. The first-order valence-electron chi connectivity index (χ1n) is 8.02. The lowest BCUT2D eigenvalue weighted by atomic mass is 9.94. The van der Waals surface area contributed by atoms with Gasteiger partial charge >= 0.3 is 0 Å². The van der Waals surface area contributed by atoms with Gasteiger partial charge in [-0.15, -0.1) is 11.8 Å². The van der Waals surface area contributed by atoms with Crippen LogP contribution in [0.4, 0.5) is 0 Å². The highest BCUT2D eigenvalue weighted by Gasteiger charge is 2.42. The molecule has 3 rings (SSSR count). The Hall–Kier alpha value is -1.89. The molecule has 0 spiro atoms. The van der Waals surface area contributed by atoms with Crippen LogP contribution in [-0.4, -0.2) is 38.8 Å². The summed E-state index contributed by atoms with van der Waals surface area (Å²) in [6, 6.07) is 13.9. The van der Waals surface area contributed by atoms with Crippen LogP contribution >= 0.6 is 11.8 Å². The van der Waals surface area contributed by atoms with Crippen molar-refractivity contribution in [1.82, 2.24) is 15.4 Å². The third kappa shape index (κ3) is 3.95. The Kier molecular flexibility index (Phi) is 5.50. The van der Waals surface area contributed by atoms with Crippen molar-refractivity contribution < 1.29 is 10.0 Å². The molecule has 5 nitrogen and oxygen atoms in total. The largest absolute Gasteiger partial charge is 0.299 e. The fourth-order valence-electron chi connectivity index (χ4n) is 3.01. The second kappa shape index (κ2) is 7.79. The van der Waals surface area contributed by atoms with Crippen LogP contribution < -0.4 is 5.48 Å². The SMILES string of the molecule is O=C(NO)C1(Sc2ccccc2)CCN(Cc2cccnc2)CC1. The van der Waals surface area contributed by atoms with Crippen LogP contribution in [0.2, 0.25) is 0 Å². The van der Waals surface area contributed by atoms with Crippen LogP contribution in [0.25, 0.3) is 0 Å². The van der Waals surface area contributed by atoms with E-state index in [0.29, 0.717) is 12.8 Å². The molecule has 1 aromatic carbocycles. The van der Waals surface area contributed by atoms with Crippen molar-refractivity contribution >= 4 is 17.7 Å². The van der Waals surface area contributed by atoms with Crippen molar-refractivity contribution in [3.8, 4) is 0 Å². The predicted octanol–water partition coefficient (Wildman–Crippen LogP) is 2.71. The number of pyridine rings is 1. The summed E-state index contributed by atoms with van der Waals surface area (Å²) in [6.45, 7) is 2.45. The number of piperidine rings is 1. The average molecular weight is 343 g/mol. The number of aromatic nitrogens is 1. The molecule has 1 aliphatic heterocycles. The number of thioether (sulfide) groups is 1. The van der Waals surface area contributed by atoms with Gasteiger partial charge < -0.3 is 0 Å². The Bertz CT molecular complexity index is 658. The molecule has 0 radical (unpaired) electrons. The van der Waals surface area contributed by atoms with Gasteiger partial charge in [0.05, 0.1) is 0 Å². The van der Waals surface area contributed by atoms with Gasteiger partial charge in [0.25, 0.3) is 5.91 Å². The summed E-state index contributed by atoms with van der Waals surface area (Å²) in [5, 5.41) is 9.20. The molecule has 126 valence electrons. The molecule has 0 bridgehead atoms. The molecule has 6 heteroatoms. The fourth-order valence-corrected chi connectivity index (χ4v) is 4.28. The molecule has 0 aliphatic carbocycles. The van der Waals surface area contributed by atoms with Gasteiger partial charge in [0.1, 0.15) is 4.75 Å². The molecule has 1 saturated heterocycles. The summed E-state index contributed by atoms with van der Waals surface area (Å²) in [5.41, 5.74) is 3.05. The first-order valence-corrected chi connectivity index (χ1v) is 8.83. The fraction of sp³-hybridized carbons (Fsp3) is 0.333. The zero-order chi connectivity index (χ0) is 16.8. The topological polar surface area (TPSA) is 65.5 Å². The Balaban J connectivity index is 1.68. The molecule has 2 heterocycles. The highest BCUT2D eigenvalue weighted by molar-refractivity contribution is 8.01. The zero-order valence-corrected chi connectivity index (χ0v) is 14.2. The molecular weight excluding hydrogens is 322 g/mol. The Morgan fingerprint density at radius 3 is 2.58 bits per heavy atom. The molecule has 2 N–H and O–H groups in total. The molecule has 1 aliphatic rings. The van der Waals surface area contributed by atoms with E-state index in [-0.39, 0.29) is 5.91 Å². The van der Waals surface area contributed by atoms with Crippen LogP contribution in [0.3, 0.4) is 0 Å². The number of hydrogen-bond donors (Lipinski definition) is 2. The van der Waals surface area contributed by atoms with E-state index in [9.17, 15) is 10.0 Å². The maximum Gasteiger partial charge on any atom is 0.260 e. The van der Waals surface area contributed by atoms with Crippen LogP contribution in [0, 0.1) is 0 Å². The number of nitrogens with zero attached hydrogens (tertiary/aromatic N) is 2. The summed E-state index contributed by atoms with van der Waals surface area (Å²) in [6.07, 6.45) is 5.03. The number of nitrogens with one attached hydrogen (secondary N) is 1. The van der Waals surface area contributed by atoms with E-state index in [2.05, 4.69) is 16.0 Å². The van der Waals surface area contributed by atoms with Crippen molar-refractivity contribution in [3.63, 3.8) is 0 Å². The third-order valence-corrected chi connectivity index (χ3v) is 5.86. The van der Waals surface area contributed by atoms with Gasteiger partial charge in [0.15, 0.2) is 0 Å². The number of carbonyl (C=O) groups excluding carboxylic acids is 1. The molecule has 1 amide bonds. The van der Waals surface area contributed by atoms with Gasteiger partial charge in [-0.25, -0.2) is 5.48 Å². The van der Waals surface area contributed by atoms with Crippen molar-refractivity contribution in [2.75, 3.05) is 13.1 Å². The van der Waals surface area contributed by atoms with Gasteiger partial charge in [-0.2, -0.15) is 0 Å². The second-order valence-electron chi connectivity index (χ2n) is 5.99. The van der Waals surface area contributed by atoms with Crippen molar-refractivity contribution in [2.45, 2.75) is 29.0 Å². The minimum absolute atomic E-state index is 0.308. The molecule has 0 saturated carbocycles. The van der Waals surface area contributed by atoms with E-state index in [4.69, 9.17) is 0 Å². The van der Waals surface area contributed by atoms with E-state index < -0.39 is 4.75 Å². The number of hydroxylamine groups is 1. The summed E-state index contributed by atoms with van der Waals surface area (Å²) in [4.78, 5) is 19.9. The van der Waals surface area contributed by atoms with Gasteiger partial charge in [0, 0.05) is 36.9 Å². The molecule has 0 atom stereocenters. The quantitative estimate of drug-likeness (QED) is 0.645. The standard InChI is InChI=1S/C18H21N3O2S/c22-17(20-23)18(24-16-6-2-1-3-7-16)8-11-21(12-9-18)14-15-5-4-10-19-13-15/h1-7,10,13,23H,8-9,11-12,14H2,(H,20,22). The van der Waals surface area contributed by atoms with Gasteiger partial charge in [-0.1, -0.05) is 24.3 Å². The number of rotatable bonds is 5. The Morgan fingerprint density at radius 2 is 1.96 bits per heavy atom. The Labute approximate surface area is 146 Å². The van der Waals surface area contributed by atoms with Crippen molar-refractivity contribution in [2.24, 2.45) is 0 Å². The lowest BCUT2D eigenvalue weighted by Gasteiger charge is -2.39. The van der Waals surface area contributed by atoms with Crippen LogP contribution in [0.15, 0.2) is 59.8 Å². The molecule has 0 unspecified atom stereocenters. The summed E-state index contributed by atoms with van der Waals surface area (Å²) in [7, 11) is 0. The monoisotopic (exact) mass is 343 g/mol. The minimum atomic E-state index is -0.623. The van der Waals surface area contributed by atoms with E-state index in [0.717, 1.165) is 24.5 Å². The summed E-state index contributed by atoms with van der Waals surface area (Å²) in [5.74, 6) is -0.308. The summed E-state index contributed by atoms with van der Waals surface area (Å²) >= 11 is 1.54. The number of hydrogen-bond acceptors (Lipinski definition) is 5. The Morgan fingerprint density at radius 1 is 1.21 bits per heavy atom. The van der Waals surface area contributed by atoms with Crippen LogP contribution in [0.5, 0.6) is 0 Å². The average Bonchev–Trinajstić information content (AvgIpc) is 2.64. The number of carbonyl (C=O) groups is 1. The lowest BCUT2D eigenvalue weighted by molar-refractivity contribution is -0.133. The first kappa shape index (κ1) is 17.0. The van der Waals surface area contributed by atoms with Crippen molar-refractivity contribution in [1.29, 1.82) is 0 Å². The minimum Gasteiger partial charge on any atom is -0.299 e. The van der Waals surface area contributed by atoms with Gasteiger partial charge in [-0.05, 0) is 36.6 Å². The third-order valence-electron chi connectivity index (χ3n) is 4.36. The molecular formula is C18H21N3O2S. The lowest BCUT2D eigenvalue weighted by Crippen LogP contribution is -2.50. The predicted molar refractivity (Wildman–Crippen MR) is 93.7 cm³/mol. The molecule has 24 heavy (non-hydrogen) atoms. The highest BCUT2D eigenvalue weighted by Crippen LogP contribution is 2.41. The highest BCUT2D eigenvalue weighted by atomic mass is 32.2. The molecule has 2 aromatic rings. The van der Waals surface area contributed by atoms with E-state index in [1.54, 1.807) is 18.0 Å². The number of amides is 1. The van der Waals surface area contributed by atoms with Crippen molar-refractivity contribution in [3.05, 3.63) is 60.4 Å².